The molecule has 2 rings (SSSR count). The molecule has 18 heavy (non-hydrogen) atoms. The van der Waals surface area contributed by atoms with Crippen LogP contribution in [-0.2, 0) is 11.3 Å². The van der Waals surface area contributed by atoms with Crippen molar-refractivity contribution in [3.05, 3.63) is 45.8 Å². The number of benzene rings is 1. The summed E-state index contributed by atoms with van der Waals surface area (Å²) in [6.45, 7) is 0.571. The minimum Gasteiger partial charge on any atom is -0.380 e. The molecule has 1 aromatic carbocycles. The average Bonchev–Trinajstić information content (AvgIpc) is 2.36. The molecule has 1 aromatic heterocycles. The van der Waals surface area contributed by atoms with E-state index >= 15 is 0 Å². The highest BCUT2D eigenvalue weighted by Crippen LogP contribution is 2.28. The highest BCUT2D eigenvalue weighted by atomic mass is 79.9. The Morgan fingerprint density at radius 2 is 2.22 bits per heavy atom. The Hall–Kier alpha value is -1.17. The fraction of sp³-hybridized carbons (Fsp3) is 0.167. The Labute approximate surface area is 118 Å². The van der Waals surface area contributed by atoms with Crippen molar-refractivity contribution in [1.29, 1.82) is 0 Å². The lowest BCUT2D eigenvalue weighted by Crippen LogP contribution is -1.97. The molecule has 0 fully saturated rings. The van der Waals surface area contributed by atoms with Crippen molar-refractivity contribution in [3.8, 4) is 0 Å². The first-order valence-electron chi connectivity index (χ1n) is 5.21. The van der Waals surface area contributed by atoms with E-state index in [1.54, 1.807) is 7.11 Å². The molecule has 6 heteroatoms. The molecule has 0 spiro atoms. The van der Waals surface area contributed by atoms with Crippen LogP contribution in [0.25, 0.3) is 0 Å². The minimum atomic E-state index is 0.376. The van der Waals surface area contributed by atoms with Crippen LogP contribution in [0.3, 0.4) is 0 Å². The molecule has 0 unspecified atom stereocenters. The zero-order chi connectivity index (χ0) is 13.0. The van der Waals surface area contributed by atoms with E-state index in [-0.39, 0.29) is 0 Å². The van der Waals surface area contributed by atoms with Crippen LogP contribution < -0.4 is 5.32 Å². The number of nitrogens with zero attached hydrogens (tertiary/aromatic N) is 2. The first-order chi connectivity index (χ1) is 8.70. The third-order valence-electron chi connectivity index (χ3n) is 2.25. The molecule has 4 nitrogen and oxygen atoms in total. The second kappa shape index (κ2) is 6.13. The van der Waals surface area contributed by atoms with E-state index in [4.69, 9.17) is 16.3 Å². The Kier molecular flexibility index (Phi) is 4.52. The molecule has 0 atom stereocenters. The lowest BCUT2D eigenvalue weighted by molar-refractivity contribution is 0.185. The molecule has 0 amide bonds. The second-order valence-corrected chi connectivity index (χ2v) is 4.74. The second-order valence-electron chi connectivity index (χ2n) is 3.59. The zero-order valence-electron chi connectivity index (χ0n) is 9.65. The largest absolute Gasteiger partial charge is 0.380 e. The zero-order valence-corrected chi connectivity index (χ0v) is 12.0. The lowest BCUT2D eigenvalue weighted by atomic mass is 10.2. The number of nitrogens with one attached hydrogen (secondary N) is 1. The maximum absolute atomic E-state index is 5.90. The third kappa shape index (κ3) is 3.19. The van der Waals surface area contributed by atoms with Gasteiger partial charge in [0, 0.05) is 12.8 Å². The van der Waals surface area contributed by atoms with Gasteiger partial charge in [-0.1, -0.05) is 23.7 Å². The maximum Gasteiger partial charge on any atom is 0.149 e. The average molecular weight is 329 g/mol. The summed E-state index contributed by atoms with van der Waals surface area (Å²) >= 11 is 9.25. The van der Waals surface area contributed by atoms with Crippen molar-refractivity contribution in [2.45, 2.75) is 6.61 Å². The normalized spacial score (nSPS) is 10.4. The van der Waals surface area contributed by atoms with Crippen molar-refractivity contribution < 1.29 is 4.74 Å². The molecule has 0 radical (unpaired) electrons. The Bertz CT molecular complexity index is 551. The molecule has 0 bridgehead atoms. The van der Waals surface area contributed by atoms with Gasteiger partial charge in [0.15, 0.2) is 0 Å². The van der Waals surface area contributed by atoms with Gasteiger partial charge in [0.1, 0.15) is 17.3 Å². The van der Waals surface area contributed by atoms with Gasteiger partial charge in [-0.3, -0.25) is 0 Å². The molecule has 1 heterocycles. The van der Waals surface area contributed by atoms with Gasteiger partial charge in [0.25, 0.3) is 0 Å². The number of hydrogen-bond acceptors (Lipinski definition) is 4. The predicted molar refractivity (Wildman–Crippen MR) is 75.2 cm³/mol. The van der Waals surface area contributed by atoms with E-state index in [2.05, 4.69) is 31.2 Å². The molecule has 0 aliphatic rings. The molecule has 0 saturated carbocycles. The van der Waals surface area contributed by atoms with Crippen molar-refractivity contribution >= 4 is 39.0 Å². The van der Waals surface area contributed by atoms with Gasteiger partial charge in [-0.05, 0) is 33.6 Å². The number of aromatic nitrogens is 2. The van der Waals surface area contributed by atoms with Gasteiger partial charge in [-0.15, -0.1) is 0 Å². The fourth-order valence-electron chi connectivity index (χ4n) is 1.48. The topological polar surface area (TPSA) is 47.0 Å². The number of methoxy groups -OCH3 is 1. The van der Waals surface area contributed by atoms with Crippen LogP contribution in [0.5, 0.6) is 0 Å². The summed E-state index contributed by atoms with van der Waals surface area (Å²) in [6, 6.07) is 7.89. The summed E-state index contributed by atoms with van der Waals surface area (Å²) in [5.74, 6) is 0.629. The van der Waals surface area contributed by atoms with Crippen LogP contribution in [-0.4, -0.2) is 17.1 Å². The van der Waals surface area contributed by atoms with E-state index in [1.165, 1.54) is 6.33 Å². The highest BCUT2D eigenvalue weighted by Gasteiger charge is 2.06. The lowest BCUT2D eigenvalue weighted by Gasteiger charge is -2.09. The monoisotopic (exact) mass is 327 g/mol. The van der Waals surface area contributed by atoms with Crippen molar-refractivity contribution in [2.24, 2.45) is 0 Å². The molecule has 0 aliphatic heterocycles. The molecule has 1 N–H and O–H groups in total. The van der Waals surface area contributed by atoms with Crippen LogP contribution in [0.15, 0.2) is 35.1 Å². The van der Waals surface area contributed by atoms with Gasteiger partial charge in [0.2, 0.25) is 0 Å². The highest BCUT2D eigenvalue weighted by molar-refractivity contribution is 9.10. The van der Waals surface area contributed by atoms with Gasteiger partial charge in [-0.2, -0.15) is 0 Å². The third-order valence-corrected chi connectivity index (χ3v) is 3.51. The van der Waals surface area contributed by atoms with E-state index < -0.39 is 0 Å². The molecule has 94 valence electrons. The molecular formula is C12H11BrClN3O. The van der Waals surface area contributed by atoms with Crippen LogP contribution in [0.2, 0.25) is 5.15 Å². The van der Waals surface area contributed by atoms with Crippen LogP contribution in [0.1, 0.15) is 5.56 Å². The first kappa shape index (κ1) is 13.3. The van der Waals surface area contributed by atoms with E-state index in [9.17, 15) is 0 Å². The standard InChI is InChI=1S/C12H11BrClN3O/c1-18-6-8-3-2-4-9(5-8)17-12-10(13)11(14)15-7-16-12/h2-5,7H,6H2,1H3,(H,15,16,17). The first-order valence-corrected chi connectivity index (χ1v) is 6.38. The summed E-state index contributed by atoms with van der Waals surface area (Å²) in [4.78, 5) is 8.00. The van der Waals surface area contributed by atoms with Crippen molar-refractivity contribution in [2.75, 3.05) is 12.4 Å². The Morgan fingerprint density at radius 1 is 1.39 bits per heavy atom. The maximum atomic E-state index is 5.90. The van der Waals surface area contributed by atoms with Gasteiger partial charge >= 0.3 is 0 Å². The van der Waals surface area contributed by atoms with E-state index in [0.717, 1.165) is 11.3 Å². The number of rotatable bonds is 4. The summed E-state index contributed by atoms with van der Waals surface area (Å²) in [6.07, 6.45) is 1.41. The molecular weight excluding hydrogens is 318 g/mol. The van der Waals surface area contributed by atoms with Crippen molar-refractivity contribution in [1.82, 2.24) is 9.97 Å². The fourth-order valence-corrected chi connectivity index (χ4v) is 1.91. The van der Waals surface area contributed by atoms with Gasteiger partial charge in [0.05, 0.1) is 11.1 Å². The van der Waals surface area contributed by atoms with Gasteiger partial charge < -0.3 is 10.1 Å². The minimum absolute atomic E-state index is 0.376. The van der Waals surface area contributed by atoms with Crippen molar-refractivity contribution in [3.63, 3.8) is 0 Å². The van der Waals surface area contributed by atoms with E-state index in [1.807, 2.05) is 24.3 Å². The summed E-state index contributed by atoms with van der Waals surface area (Å²) in [5.41, 5.74) is 2.00. The van der Waals surface area contributed by atoms with Crippen LogP contribution in [0, 0.1) is 0 Å². The number of ether oxygens (including phenoxy) is 1. The van der Waals surface area contributed by atoms with Crippen LogP contribution in [0.4, 0.5) is 11.5 Å². The SMILES string of the molecule is COCc1cccc(Nc2ncnc(Cl)c2Br)c1. The Morgan fingerprint density at radius 3 is 3.00 bits per heavy atom. The van der Waals surface area contributed by atoms with Crippen LogP contribution >= 0.6 is 27.5 Å². The van der Waals surface area contributed by atoms with E-state index in [0.29, 0.717) is 22.1 Å². The quantitative estimate of drug-likeness (QED) is 0.868. The number of hydrogen-bond donors (Lipinski definition) is 1. The summed E-state index contributed by atoms with van der Waals surface area (Å²) in [5, 5.41) is 3.55. The summed E-state index contributed by atoms with van der Waals surface area (Å²) < 4.78 is 5.73. The number of anilines is 2. The molecule has 2 aromatic rings. The van der Waals surface area contributed by atoms with Gasteiger partial charge in [-0.25, -0.2) is 9.97 Å². The predicted octanol–water partition coefficient (Wildman–Crippen LogP) is 3.78. The number of halogens is 2. The molecule has 0 aliphatic carbocycles. The Balaban J connectivity index is 2.23. The molecule has 0 saturated heterocycles. The smallest absolute Gasteiger partial charge is 0.149 e. The summed E-state index contributed by atoms with van der Waals surface area (Å²) in [7, 11) is 1.67.